The zero-order valence-corrected chi connectivity index (χ0v) is 17.6. The van der Waals surface area contributed by atoms with E-state index in [1.807, 2.05) is 0 Å². The number of hydrogen-bond acceptors (Lipinski definition) is 8. The second kappa shape index (κ2) is 7.97. The maximum atomic E-state index is 12.8. The predicted octanol–water partition coefficient (Wildman–Crippen LogP) is 1.93. The molecule has 1 aromatic carbocycles. The molecule has 10 heteroatoms. The van der Waals surface area contributed by atoms with Gasteiger partial charge in [-0.05, 0) is 30.7 Å². The summed E-state index contributed by atoms with van der Waals surface area (Å²) in [5, 5.41) is 10.4. The number of aromatic amines is 1. The molecule has 0 bridgehead atoms. The number of rotatable bonds is 3. The number of pyridine rings is 1. The van der Waals surface area contributed by atoms with E-state index in [0.717, 1.165) is 12.0 Å². The van der Waals surface area contributed by atoms with Crippen LogP contribution >= 0.6 is 0 Å². The lowest BCUT2D eigenvalue weighted by molar-refractivity contribution is 0.297. The summed E-state index contributed by atoms with van der Waals surface area (Å²) in [6.45, 7) is 2.68. The molecule has 0 unspecified atom stereocenters. The fourth-order valence-electron chi connectivity index (χ4n) is 3.89. The van der Waals surface area contributed by atoms with E-state index in [4.69, 9.17) is 13.9 Å². The average Bonchev–Trinajstić information content (AvgIpc) is 3.01. The SMILES string of the molecule is Cc1cc(O)c(-c2ccnc3c2c(=O)[nH]c(=O)n3Cc2ccc3c(c2)OCCCO3)c(=O)o1. The van der Waals surface area contributed by atoms with Crippen molar-refractivity contribution in [1.29, 1.82) is 0 Å². The lowest BCUT2D eigenvalue weighted by Crippen LogP contribution is -2.31. The van der Waals surface area contributed by atoms with Crippen LogP contribution in [-0.2, 0) is 6.54 Å². The number of aromatic hydroxyl groups is 1. The monoisotopic (exact) mass is 449 g/mol. The van der Waals surface area contributed by atoms with Gasteiger partial charge in [-0.2, -0.15) is 0 Å². The van der Waals surface area contributed by atoms with Crippen molar-refractivity contribution in [2.75, 3.05) is 13.2 Å². The molecule has 0 amide bonds. The molecule has 10 nitrogen and oxygen atoms in total. The first-order chi connectivity index (χ1) is 15.9. The van der Waals surface area contributed by atoms with Gasteiger partial charge >= 0.3 is 11.3 Å². The lowest BCUT2D eigenvalue weighted by atomic mass is 10.0. The highest BCUT2D eigenvalue weighted by molar-refractivity contribution is 5.93. The summed E-state index contributed by atoms with van der Waals surface area (Å²) < 4.78 is 17.7. The van der Waals surface area contributed by atoms with Gasteiger partial charge in [0.2, 0.25) is 0 Å². The minimum Gasteiger partial charge on any atom is -0.507 e. The van der Waals surface area contributed by atoms with Crippen LogP contribution in [-0.4, -0.2) is 32.9 Å². The molecule has 0 saturated heterocycles. The van der Waals surface area contributed by atoms with Gasteiger partial charge in [0.25, 0.3) is 5.56 Å². The van der Waals surface area contributed by atoms with Crippen LogP contribution in [0.1, 0.15) is 17.7 Å². The van der Waals surface area contributed by atoms with Crippen molar-refractivity contribution in [2.24, 2.45) is 0 Å². The van der Waals surface area contributed by atoms with E-state index in [1.54, 1.807) is 18.2 Å². The molecule has 0 radical (unpaired) electrons. The van der Waals surface area contributed by atoms with Gasteiger partial charge in [-0.15, -0.1) is 0 Å². The molecule has 5 rings (SSSR count). The van der Waals surface area contributed by atoms with Crippen LogP contribution in [0.2, 0.25) is 0 Å². The van der Waals surface area contributed by atoms with Crippen LogP contribution in [0.5, 0.6) is 17.2 Å². The second-order valence-corrected chi connectivity index (χ2v) is 7.64. The molecule has 0 fully saturated rings. The summed E-state index contributed by atoms with van der Waals surface area (Å²) in [4.78, 5) is 44.5. The summed E-state index contributed by atoms with van der Waals surface area (Å²) >= 11 is 0. The molecule has 3 aromatic heterocycles. The third kappa shape index (κ3) is 3.65. The third-order valence-corrected chi connectivity index (χ3v) is 5.36. The summed E-state index contributed by atoms with van der Waals surface area (Å²) in [7, 11) is 0. The van der Waals surface area contributed by atoms with E-state index >= 15 is 0 Å². The van der Waals surface area contributed by atoms with Gasteiger partial charge in [-0.25, -0.2) is 14.6 Å². The number of benzene rings is 1. The normalized spacial score (nSPS) is 13.1. The Morgan fingerprint density at radius 2 is 1.88 bits per heavy atom. The first-order valence-corrected chi connectivity index (χ1v) is 10.3. The molecule has 1 aliphatic rings. The number of H-pyrrole nitrogens is 1. The van der Waals surface area contributed by atoms with Gasteiger partial charge in [0.1, 0.15) is 22.7 Å². The van der Waals surface area contributed by atoms with Gasteiger partial charge in [-0.3, -0.25) is 14.3 Å². The highest BCUT2D eigenvalue weighted by Crippen LogP contribution is 2.32. The van der Waals surface area contributed by atoms with Crippen molar-refractivity contribution in [3.8, 4) is 28.4 Å². The minimum atomic E-state index is -0.806. The molecule has 33 heavy (non-hydrogen) atoms. The summed E-state index contributed by atoms with van der Waals surface area (Å²) in [6.07, 6.45) is 2.13. The Bertz CT molecular complexity index is 1570. The van der Waals surface area contributed by atoms with Gasteiger partial charge in [-0.1, -0.05) is 6.07 Å². The Kier molecular flexibility index (Phi) is 4.97. The number of hydrogen-bond donors (Lipinski definition) is 2. The Labute approximate surface area is 185 Å². The molecule has 168 valence electrons. The third-order valence-electron chi connectivity index (χ3n) is 5.36. The van der Waals surface area contributed by atoms with Gasteiger partial charge < -0.3 is 19.0 Å². The first-order valence-electron chi connectivity index (χ1n) is 10.3. The zero-order chi connectivity index (χ0) is 23.1. The quantitative estimate of drug-likeness (QED) is 0.484. The Hall–Kier alpha value is -4.34. The Morgan fingerprint density at radius 1 is 1.09 bits per heavy atom. The molecule has 4 aromatic rings. The van der Waals surface area contributed by atoms with Gasteiger partial charge in [0.15, 0.2) is 11.5 Å². The Balaban J connectivity index is 1.69. The molecule has 4 heterocycles. The minimum absolute atomic E-state index is 0.0158. The molecule has 2 N–H and O–H groups in total. The topological polar surface area (TPSA) is 137 Å². The lowest BCUT2D eigenvalue weighted by Gasteiger charge is -2.13. The fourth-order valence-corrected chi connectivity index (χ4v) is 3.89. The van der Waals surface area contributed by atoms with Crippen LogP contribution < -0.4 is 26.3 Å². The van der Waals surface area contributed by atoms with E-state index in [2.05, 4.69) is 9.97 Å². The number of nitrogens with one attached hydrogen (secondary N) is 1. The number of aromatic nitrogens is 3. The molecule has 0 aliphatic carbocycles. The number of aryl methyl sites for hydroxylation is 1. The second-order valence-electron chi connectivity index (χ2n) is 7.64. The van der Waals surface area contributed by atoms with E-state index in [-0.39, 0.29) is 40.2 Å². The largest absolute Gasteiger partial charge is 0.507 e. The van der Waals surface area contributed by atoms with Gasteiger partial charge in [0.05, 0.1) is 25.1 Å². The fraction of sp³-hybridized carbons (Fsp3) is 0.217. The van der Waals surface area contributed by atoms with Crippen molar-refractivity contribution in [2.45, 2.75) is 19.9 Å². The van der Waals surface area contributed by atoms with E-state index < -0.39 is 16.9 Å². The van der Waals surface area contributed by atoms with Crippen LogP contribution in [0.15, 0.2) is 55.3 Å². The van der Waals surface area contributed by atoms with Crippen LogP contribution in [0.3, 0.4) is 0 Å². The van der Waals surface area contributed by atoms with Gasteiger partial charge in [0, 0.05) is 24.2 Å². The average molecular weight is 449 g/mol. The maximum absolute atomic E-state index is 12.8. The van der Waals surface area contributed by atoms with Crippen molar-refractivity contribution >= 4 is 11.0 Å². The number of nitrogens with zero attached hydrogens (tertiary/aromatic N) is 2. The molecule has 0 atom stereocenters. The van der Waals surface area contributed by atoms with Crippen LogP contribution in [0, 0.1) is 6.92 Å². The van der Waals surface area contributed by atoms with Crippen LogP contribution in [0.25, 0.3) is 22.2 Å². The highest BCUT2D eigenvalue weighted by Gasteiger charge is 2.20. The van der Waals surface area contributed by atoms with Crippen molar-refractivity contribution in [3.63, 3.8) is 0 Å². The van der Waals surface area contributed by atoms with Crippen molar-refractivity contribution < 1.29 is 19.0 Å². The molecule has 0 spiro atoms. The zero-order valence-electron chi connectivity index (χ0n) is 17.6. The molecular formula is C23H19N3O7. The summed E-state index contributed by atoms with van der Waals surface area (Å²) in [6, 6.07) is 8.03. The summed E-state index contributed by atoms with van der Waals surface area (Å²) in [5.41, 5.74) is -1.48. The number of ether oxygens (including phenoxy) is 2. The molecular weight excluding hydrogens is 430 g/mol. The van der Waals surface area contributed by atoms with Crippen molar-refractivity contribution in [1.82, 2.24) is 14.5 Å². The molecule has 1 aliphatic heterocycles. The van der Waals surface area contributed by atoms with E-state index in [0.29, 0.717) is 24.7 Å². The van der Waals surface area contributed by atoms with E-state index in [9.17, 15) is 19.5 Å². The van der Waals surface area contributed by atoms with Crippen LogP contribution in [0.4, 0.5) is 0 Å². The van der Waals surface area contributed by atoms with E-state index in [1.165, 1.54) is 29.8 Å². The van der Waals surface area contributed by atoms with Crippen molar-refractivity contribution in [3.05, 3.63) is 79.1 Å². The predicted molar refractivity (Wildman–Crippen MR) is 118 cm³/mol. The Morgan fingerprint density at radius 3 is 2.67 bits per heavy atom. The standard InChI is InChI=1S/C23H19N3O7/c1-12-9-15(27)18(22(29)33-12)14-5-6-24-20-19(14)21(28)25-23(30)26(20)11-13-3-4-16-17(10-13)32-8-2-7-31-16/h3-6,9-10,27H,2,7-8,11H2,1H3,(H,25,28,30). The smallest absolute Gasteiger partial charge is 0.347 e. The maximum Gasteiger partial charge on any atom is 0.347 e. The number of fused-ring (bicyclic) bond motifs is 2. The highest BCUT2D eigenvalue weighted by atomic mass is 16.5. The first kappa shape index (κ1) is 20.6. The summed E-state index contributed by atoms with van der Waals surface area (Å²) in [5.74, 6) is 1.08. The molecule has 0 saturated carbocycles.